The summed E-state index contributed by atoms with van der Waals surface area (Å²) in [5, 5.41) is 9.34. The average molecular weight is 288 g/mol. The summed E-state index contributed by atoms with van der Waals surface area (Å²) in [6, 6.07) is 4.48. The number of imidazole rings is 1. The van der Waals surface area contributed by atoms with Crippen LogP contribution in [-0.4, -0.2) is 50.3 Å². The lowest BCUT2D eigenvalue weighted by atomic mass is 9.99. The summed E-state index contributed by atoms with van der Waals surface area (Å²) in [6.07, 6.45) is 6.59. The van der Waals surface area contributed by atoms with Gasteiger partial charge in [-0.3, -0.25) is 0 Å². The van der Waals surface area contributed by atoms with Crippen LogP contribution >= 0.6 is 0 Å². The van der Waals surface area contributed by atoms with Crippen molar-refractivity contribution in [2.45, 2.75) is 45.2 Å². The van der Waals surface area contributed by atoms with Crippen molar-refractivity contribution in [1.82, 2.24) is 19.4 Å². The molecule has 0 saturated carbocycles. The zero-order chi connectivity index (χ0) is 14.7. The Balaban J connectivity index is 1.90. The fourth-order valence-electron chi connectivity index (χ4n) is 3.41. The van der Waals surface area contributed by atoms with Crippen LogP contribution in [0.2, 0.25) is 0 Å². The molecule has 3 rings (SSSR count). The molecule has 5 nitrogen and oxygen atoms in total. The SMILES string of the molecule is CCN1CCCCC1Cc1nc2cccnc2n1CCO. The van der Waals surface area contributed by atoms with Gasteiger partial charge in [0.15, 0.2) is 5.65 Å². The van der Waals surface area contributed by atoms with Crippen LogP contribution in [0, 0.1) is 0 Å². The normalized spacial score (nSPS) is 20.2. The van der Waals surface area contributed by atoms with Crippen molar-refractivity contribution in [2.75, 3.05) is 19.7 Å². The highest BCUT2D eigenvalue weighted by Gasteiger charge is 2.23. The first-order valence-corrected chi connectivity index (χ1v) is 7.98. The number of aromatic nitrogens is 3. The van der Waals surface area contributed by atoms with E-state index in [1.54, 1.807) is 6.20 Å². The maximum absolute atomic E-state index is 9.34. The second-order valence-corrected chi connectivity index (χ2v) is 5.73. The summed E-state index contributed by atoms with van der Waals surface area (Å²) in [5.74, 6) is 1.06. The minimum atomic E-state index is 0.122. The molecule has 1 atom stereocenters. The van der Waals surface area contributed by atoms with Crippen LogP contribution in [0.15, 0.2) is 18.3 Å². The molecule has 1 fully saturated rings. The van der Waals surface area contributed by atoms with Gasteiger partial charge in [-0.05, 0) is 38.1 Å². The Labute approximate surface area is 125 Å². The molecule has 1 N–H and O–H groups in total. The summed E-state index contributed by atoms with van der Waals surface area (Å²) in [5.41, 5.74) is 1.82. The van der Waals surface area contributed by atoms with Gasteiger partial charge in [-0.1, -0.05) is 13.3 Å². The first-order chi connectivity index (χ1) is 10.3. The van der Waals surface area contributed by atoms with E-state index in [2.05, 4.69) is 21.4 Å². The number of hydrogen-bond donors (Lipinski definition) is 1. The monoisotopic (exact) mass is 288 g/mol. The Morgan fingerprint density at radius 2 is 2.29 bits per heavy atom. The lowest BCUT2D eigenvalue weighted by molar-refractivity contribution is 0.152. The maximum Gasteiger partial charge on any atom is 0.160 e. The molecule has 1 aliphatic rings. The zero-order valence-corrected chi connectivity index (χ0v) is 12.7. The van der Waals surface area contributed by atoms with Crippen molar-refractivity contribution in [3.63, 3.8) is 0 Å². The van der Waals surface area contributed by atoms with Crippen molar-refractivity contribution in [1.29, 1.82) is 0 Å². The van der Waals surface area contributed by atoms with E-state index in [1.165, 1.54) is 25.8 Å². The lowest BCUT2D eigenvalue weighted by Gasteiger charge is -2.34. The number of piperidine rings is 1. The Morgan fingerprint density at radius 3 is 3.10 bits per heavy atom. The fraction of sp³-hybridized carbons (Fsp3) is 0.625. The highest BCUT2D eigenvalue weighted by atomic mass is 16.3. The third kappa shape index (κ3) is 2.94. The van der Waals surface area contributed by atoms with E-state index >= 15 is 0 Å². The summed E-state index contributed by atoms with van der Waals surface area (Å²) < 4.78 is 2.08. The molecule has 1 aliphatic heterocycles. The molecule has 5 heteroatoms. The number of aliphatic hydroxyl groups excluding tert-OH is 1. The molecule has 0 spiro atoms. The number of likely N-dealkylation sites (tertiary alicyclic amines) is 1. The van der Waals surface area contributed by atoms with Gasteiger partial charge in [0.25, 0.3) is 0 Å². The Bertz CT molecular complexity index is 595. The topological polar surface area (TPSA) is 54.2 Å². The number of fused-ring (bicyclic) bond motifs is 1. The van der Waals surface area contributed by atoms with Gasteiger partial charge in [-0.2, -0.15) is 0 Å². The van der Waals surface area contributed by atoms with Crippen molar-refractivity contribution in [2.24, 2.45) is 0 Å². The van der Waals surface area contributed by atoms with E-state index in [0.717, 1.165) is 30.0 Å². The summed E-state index contributed by atoms with van der Waals surface area (Å²) in [7, 11) is 0. The molecule has 2 aromatic rings. The number of aliphatic hydroxyl groups is 1. The van der Waals surface area contributed by atoms with E-state index < -0.39 is 0 Å². The van der Waals surface area contributed by atoms with E-state index in [9.17, 15) is 5.11 Å². The van der Waals surface area contributed by atoms with Crippen LogP contribution < -0.4 is 0 Å². The highest BCUT2D eigenvalue weighted by molar-refractivity contribution is 5.71. The largest absolute Gasteiger partial charge is 0.395 e. The summed E-state index contributed by atoms with van der Waals surface area (Å²) >= 11 is 0. The van der Waals surface area contributed by atoms with Crippen LogP contribution in [0.5, 0.6) is 0 Å². The van der Waals surface area contributed by atoms with Gasteiger partial charge in [0.1, 0.15) is 11.3 Å². The predicted molar refractivity (Wildman–Crippen MR) is 83.2 cm³/mol. The molecule has 1 unspecified atom stereocenters. The molecule has 0 bridgehead atoms. The first-order valence-electron chi connectivity index (χ1n) is 7.98. The number of hydrogen-bond acceptors (Lipinski definition) is 4. The van der Waals surface area contributed by atoms with Gasteiger partial charge >= 0.3 is 0 Å². The van der Waals surface area contributed by atoms with E-state index in [-0.39, 0.29) is 6.61 Å². The molecule has 0 radical (unpaired) electrons. The molecule has 2 aromatic heterocycles. The molecule has 114 valence electrons. The van der Waals surface area contributed by atoms with Crippen LogP contribution in [0.25, 0.3) is 11.2 Å². The minimum Gasteiger partial charge on any atom is -0.395 e. The van der Waals surface area contributed by atoms with Crippen LogP contribution in [0.3, 0.4) is 0 Å². The molecule has 0 amide bonds. The highest BCUT2D eigenvalue weighted by Crippen LogP contribution is 2.22. The number of rotatable bonds is 5. The fourth-order valence-corrected chi connectivity index (χ4v) is 3.41. The molecular formula is C16H24N4O. The maximum atomic E-state index is 9.34. The Hall–Kier alpha value is -1.46. The van der Waals surface area contributed by atoms with Crippen molar-refractivity contribution in [3.05, 3.63) is 24.2 Å². The zero-order valence-electron chi connectivity index (χ0n) is 12.7. The molecule has 3 heterocycles. The van der Waals surface area contributed by atoms with E-state index in [0.29, 0.717) is 12.6 Å². The number of pyridine rings is 1. The van der Waals surface area contributed by atoms with Gasteiger partial charge in [-0.25, -0.2) is 9.97 Å². The third-order valence-corrected chi connectivity index (χ3v) is 4.48. The molecule has 1 saturated heterocycles. The van der Waals surface area contributed by atoms with Crippen LogP contribution in [0.1, 0.15) is 32.0 Å². The Morgan fingerprint density at radius 1 is 1.38 bits per heavy atom. The number of likely N-dealkylation sites (N-methyl/N-ethyl adjacent to an activating group) is 1. The standard InChI is InChI=1S/C16H24N4O/c1-2-19-9-4-3-6-13(19)12-15-18-14-7-5-8-17-16(14)20(15)10-11-21/h5,7-8,13,21H,2-4,6,9-12H2,1H3. The first kappa shape index (κ1) is 14.5. The Kier molecular flexibility index (Phi) is 4.51. The second kappa shape index (κ2) is 6.54. The van der Waals surface area contributed by atoms with E-state index in [1.807, 2.05) is 12.1 Å². The van der Waals surface area contributed by atoms with Crippen LogP contribution in [-0.2, 0) is 13.0 Å². The predicted octanol–water partition coefficient (Wildman–Crippen LogP) is 1.84. The quantitative estimate of drug-likeness (QED) is 0.912. The number of nitrogens with zero attached hydrogens (tertiary/aromatic N) is 4. The third-order valence-electron chi connectivity index (χ3n) is 4.48. The van der Waals surface area contributed by atoms with Crippen molar-refractivity contribution < 1.29 is 5.11 Å². The molecule has 0 aliphatic carbocycles. The van der Waals surface area contributed by atoms with E-state index in [4.69, 9.17) is 4.98 Å². The van der Waals surface area contributed by atoms with Crippen LogP contribution in [0.4, 0.5) is 0 Å². The van der Waals surface area contributed by atoms with Gasteiger partial charge in [-0.15, -0.1) is 0 Å². The van der Waals surface area contributed by atoms with Crippen molar-refractivity contribution >= 4 is 11.2 Å². The summed E-state index contributed by atoms with van der Waals surface area (Å²) in [4.78, 5) is 11.7. The molecule has 0 aromatic carbocycles. The molecular weight excluding hydrogens is 264 g/mol. The van der Waals surface area contributed by atoms with Gasteiger partial charge in [0.05, 0.1) is 6.61 Å². The second-order valence-electron chi connectivity index (χ2n) is 5.73. The lowest BCUT2D eigenvalue weighted by Crippen LogP contribution is -2.41. The van der Waals surface area contributed by atoms with Crippen molar-refractivity contribution in [3.8, 4) is 0 Å². The average Bonchev–Trinajstić information content (AvgIpc) is 2.86. The minimum absolute atomic E-state index is 0.122. The summed E-state index contributed by atoms with van der Waals surface area (Å²) in [6.45, 7) is 5.22. The van der Waals surface area contributed by atoms with Gasteiger partial charge in [0.2, 0.25) is 0 Å². The molecule has 21 heavy (non-hydrogen) atoms. The van der Waals surface area contributed by atoms with Gasteiger partial charge in [0, 0.05) is 25.2 Å². The smallest absolute Gasteiger partial charge is 0.160 e. The van der Waals surface area contributed by atoms with Gasteiger partial charge < -0.3 is 14.6 Å².